The van der Waals surface area contributed by atoms with Crippen molar-refractivity contribution in [1.82, 2.24) is 14.5 Å². The number of rotatable bonds is 4. The third-order valence-electron chi connectivity index (χ3n) is 2.33. The number of aryl methyl sites for hydroxylation is 1. The minimum Gasteiger partial charge on any atom is -0.329 e. The molecule has 0 fully saturated rings. The number of carbonyl (C=O) groups excluding carboxylic acids is 1. The van der Waals surface area contributed by atoms with E-state index in [1.807, 2.05) is 30.8 Å². The van der Waals surface area contributed by atoms with Gasteiger partial charge in [-0.25, -0.2) is 4.98 Å². The highest BCUT2D eigenvalue weighted by atomic mass is 32.2. The molecule has 2 aromatic heterocycles. The smallest absolute Gasteiger partial charge is 0.180 e. The monoisotopic (exact) mass is 247 g/mol. The lowest BCUT2D eigenvalue weighted by Crippen LogP contribution is -1.99. The van der Waals surface area contributed by atoms with E-state index >= 15 is 0 Å². The Morgan fingerprint density at radius 1 is 1.41 bits per heavy atom. The molecule has 17 heavy (non-hydrogen) atoms. The maximum absolute atomic E-state index is 11.4. The second-order valence-electron chi connectivity index (χ2n) is 3.58. The fourth-order valence-electron chi connectivity index (χ4n) is 1.34. The summed E-state index contributed by atoms with van der Waals surface area (Å²) in [5.74, 6) is 0.0681. The zero-order chi connectivity index (χ0) is 12.3. The molecule has 0 radical (unpaired) electrons. The molecule has 0 aliphatic carbocycles. The Kier molecular flexibility index (Phi) is 3.58. The van der Waals surface area contributed by atoms with Crippen LogP contribution in [0.15, 0.2) is 40.8 Å². The molecule has 0 bridgehead atoms. The van der Waals surface area contributed by atoms with Crippen LogP contribution in [0.5, 0.6) is 0 Å². The normalized spacial score (nSPS) is 10.5. The fraction of sp³-hybridized carbons (Fsp3) is 0.250. The Morgan fingerprint density at radius 3 is 2.76 bits per heavy atom. The molecule has 0 aromatic carbocycles. The first-order chi connectivity index (χ1) is 8.20. The molecule has 4 nitrogen and oxygen atoms in total. The van der Waals surface area contributed by atoms with Crippen LogP contribution in [0.1, 0.15) is 23.8 Å². The van der Waals surface area contributed by atoms with Crippen LogP contribution in [0.2, 0.25) is 0 Å². The largest absolute Gasteiger partial charge is 0.329 e. The molecule has 2 heterocycles. The first-order valence-corrected chi connectivity index (χ1v) is 6.16. The van der Waals surface area contributed by atoms with Crippen molar-refractivity contribution in [2.75, 3.05) is 0 Å². The Balaban J connectivity index is 2.14. The molecular formula is C12H13N3OS. The van der Waals surface area contributed by atoms with Crippen LogP contribution in [-0.4, -0.2) is 20.3 Å². The standard InChI is InChI=1S/C12H13N3OS/c1-3-11(16)10-5-4-9(8-14-10)17-12-13-6-7-15(12)2/h4-8H,3H2,1-2H3. The lowest BCUT2D eigenvalue weighted by molar-refractivity contribution is 0.0983. The van der Waals surface area contributed by atoms with Crippen LogP contribution in [0.25, 0.3) is 0 Å². The van der Waals surface area contributed by atoms with Crippen molar-refractivity contribution in [1.29, 1.82) is 0 Å². The number of hydrogen-bond acceptors (Lipinski definition) is 4. The number of aromatic nitrogens is 3. The van der Waals surface area contributed by atoms with E-state index < -0.39 is 0 Å². The number of hydrogen-bond donors (Lipinski definition) is 0. The number of nitrogens with zero attached hydrogens (tertiary/aromatic N) is 3. The van der Waals surface area contributed by atoms with Crippen molar-refractivity contribution in [3.05, 3.63) is 36.4 Å². The van der Waals surface area contributed by atoms with E-state index in [2.05, 4.69) is 9.97 Å². The molecule has 0 amide bonds. The minimum absolute atomic E-state index is 0.0681. The topological polar surface area (TPSA) is 47.8 Å². The molecule has 0 unspecified atom stereocenters. The molecule has 0 aliphatic rings. The number of ketones is 1. The van der Waals surface area contributed by atoms with Crippen molar-refractivity contribution in [2.24, 2.45) is 7.05 Å². The van der Waals surface area contributed by atoms with Crippen molar-refractivity contribution in [3.8, 4) is 0 Å². The molecule has 0 saturated heterocycles. The van der Waals surface area contributed by atoms with Gasteiger partial charge in [-0.2, -0.15) is 0 Å². The summed E-state index contributed by atoms with van der Waals surface area (Å²) in [6.45, 7) is 1.83. The maximum atomic E-state index is 11.4. The van der Waals surface area contributed by atoms with Crippen molar-refractivity contribution >= 4 is 17.5 Å². The van der Waals surface area contributed by atoms with Crippen LogP contribution >= 0.6 is 11.8 Å². The van der Waals surface area contributed by atoms with Gasteiger partial charge in [0, 0.05) is 37.0 Å². The van der Waals surface area contributed by atoms with Crippen LogP contribution in [0.3, 0.4) is 0 Å². The molecule has 0 N–H and O–H groups in total. The van der Waals surface area contributed by atoms with Gasteiger partial charge in [-0.05, 0) is 12.1 Å². The summed E-state index contributed by atoms with van der Waals surface area (Å²) in [4.78, 5) is 20.8. The van der Waals surface area contributed by atoms with E-state index in [1.54, 1.807) is 18.5 Å². The quantitative estimate of drug-likeness (QED) is 0.779. The Hall–Kier alpha value is -1.62. The Bertz CT molecular complexity index is 519. The highest BCUT2D eigenvalue weighted by Gasteiger charge is 2.06. The number of pyridine rings is 1. The number of carbonyl (C=O) groups is 1. The lowest BCUT2D eigenvalue weighted by Gasteiger charge is -2.02. The second kappa shape index (κ2) is 5.14. The molecule has 2 aromatic rings. The van der Waals surface area contributed by atoms with Gasteiger partial charge in [0.15, 0.2) is 10.9 Å². The Labute approximate surface area is 104 Å². The summed E-state index contributed by atoms with van der Waals surface area (Å²) in [6, 6.07) is 3.66. The third-order valence-corrected chi connectivity index (χ3v) is 3.38. The number of imidazole rings is 1. The van der Waals surface area contributed by atoms with E-state index in [0.717, 1.165) is 10.1 Å². The minimum atomic E-state index is 0.0681. The molecule has 5 heteroatoms. The van der Waals surface area contributed by atoms with Crippen LogP contribution in [-0.2, 0) is 7.05 Å². The maximum Gasteiger partial charge on any atom is 0.180 e. The first kappa shape index (κ1) is 11.9. The van der Waals surface area contributed by atoms with E-state index in [9.17, 15) is 4.79 Å². The van der Waals surface area contributed by atoms with Gasteiger partial charge in [-0.3, -0.25) is 9.78 Å². The summed E-state index contributed by atoms with van der Waals surface area (Å²) < 4.78 is 1.94. The predicted octanol–water partition coefficient (Wildman–Crippen LogP) is 2.56. The highest BCUT2D eigenvalue weighted by molar-refractivity contribution is 7.99. The molecule has 0 aliphatic heterocycles. The zero-order valence-corrected chi connectivity index (χ0v) is 10.6. The molecule has 2 rings (SSSR count). The van der Waals surface area contributed by atoms with Crippen LogP contribution in [0.4, 0.5) is 0 Å². The van der Waals surface area contributed by atoms with Crippen molar-refractivity contribution < 1.29 is 4.79 Å². The summed E-state index contributed by atoms with van der Waals surface area (Å²) in [5, 5.41) is 0.904. The lowest BCUT2D eigenvalue weighted by atomic mass is 10.2. The first-order valence-electron chi connectivity index (χ1n) is 5.35. The summed E-state index contributed by atoms with van der Waals surface area (Å²) >= 11 is 1.53. The van der Waals surface area contributed by atoms with Gasteiger partial charge in [-0.15, -0.1) is 0 Å². The molecular weight excluding hydrogens is 234 g/mol. The van der Waals surface area contributed by atoms with Crippen LogP contribution < -0.4 is 0 Å². The average Bonchev–Trinajstić information content (AvgIpc) is 2.75. The van der Waals surface area contributed by atoms with Gasteiger partial charge in [-0.1, -0.05) is 18.7 Å². The molecule has 0 saturated carbocycles. The van der Waals surface area contributed by atoms with Crippen molar-refractivity contribution in [3.63, 3.8) is 0 Å². The predicted molar refractivity (Wildman–Crippen MR) is 66.2 cm³/mol. The molecule has 0 atom stereocenters. The van der Waals surface area contributed by atoms with Crippen LogP contribution in [0, 0.1) is 0 Å². The van der Waals surface area contributed by atoms with E-state index in [0.29, 0.717) is 12.1 Å². The van der Waals surface area contributed by atoms with Gasteiger partial charge >= 0.3 is 0 Å². The van der Waals surface area contributed by atoms with E-state index in [4.69, 9.17) is 0 Å². The van der Waals surface area contributed by atoms with Gasteiger partial charge in [0.2, 0.25) is 0 Å². The van der Waals surface area contributed by atoms with E-state index in [1.165, 1.54) is 11.8 Å². The highest BCUT2D eigenvalue weighted by Crippen LogP contribution is 2.24. The molecule has 0 spiro atoms. The van der Waals surface area contributed by atoms with Gasteiger partial charge < -0.3 is 4.57 Å². The molecule has 88 valence electrons. The van der Waals surface area contributed by atoms with Gasteiger partial charge in [0.05, 0.1) is 0 Å². The van der Waals surface area contributed by atoms with Gasteiger partial charge in [0.25, 0.3) is 0 Å². The zero-order valence-electron chi connectivity index (χ0n) is 9.75. The SMILES string of the molecule is CCC(=O)c1ccc(Sc2nccn2C)cn1. The Morgan fingerprint density at radius 2 is 2.24 bits per heavy atom. The van der Waals surface area contributed by atoms with Crippen molar-refractivity contribution in [2.45, 2.75) is 23.4 Å². The van der Waals surface area contributed by atoms with Gasteiger partial charge in [0.1, 0.15) is 5.69 Å². The summed E-state index contributed by atoms with van der Waals surface area (Å²) in [6.07, 6.45) is 5.84. The average molecular weight is 247 g/mol. The second-order valence-corrected chi connectivity index (χ2v) is 4.62. The van der Waals surface area contributed by atoms with E-state index in [-0.39, 0.29) is 5.78 Å². The summed E-state index contributed by atoms with van der Waals surface area (Å²) in [5.41, 5.74) is 0.525. The number of Topliss-reactive ketones (excluding diaryl/α,β-unsaturated/α-hetero) is 1. The third kappa shape index (κ3) is 2.74. The summed E-state index contributed by atoms with van der Waals surface area (Å²) in [7, 11) is 1.94. The fourth-order valence-corrected chi connectivity index (χ4v) is 2.11.